The SMILES string of the molecule is CCN(CC)c1cc(C(=O)C(F)(F)C(F)(F)F)cc(N(CC)CC)c1. The zero-order valence-corrected chi connectivity index (χ0v) is 14.8. The van der Waals surface area contributed by atoms with Gasteiger partial charge in [-0.3, -0.25) is 4.79 Å². The number of hydrogen-bond donors (Lipinski definition) is 0. The molecule has 1 aromatic rings. The lowest BCUT2D eigenvalue weighted by molar-refractivity contribution is -0.255. The molecule has 0 amide bonds. The van der Waals surface area contributed by atoms with Crippen LogP contribution in [0.5, 0.6) is 0 Å². The minimum absolute atomic E-state index is 0.440. The second-order valence-electron chi connectivity index (χ2n) is 5.48. The fourth-order valence-electron chi connectivity index (χ4n) is 2.58. The topological polar surface area (TPSA) is 23.6 Å². The zero-order chi connectivity index (χ0) is 19.4. The number of benzene rings is 1. The molecule has 3 nitrogen and oxygen atoms in total. The van der Waals surface area contributed by atoms with Crippen molar-refractivity contribution < 1.29 is 26.7 Å². The van der Waals surface area contributed by atoms with E-state index in [9.17, 15) is 26.7 Å². The minimum atomic E-state index is -5.93. The number of carbonyl (C=O) groups is 1. The molecule has 8 heteroatoms. The molecule has 0 heterocycles. The molecule has 0 aliphatic heterocycles. The van der Waals surface area contributed by atoms with E-state index in [-0.39, 0.29) is 0 Å². The molecule has 142 valence electrons. The Morgan fingerprint density at radius 2 is 1.16 bits per heavy atom. The number of halogens is 5. The summed E-state index contributed by atoms with van der Waals surface area (Å²) in [4.78, 5) is 15.5. The van der Waals surface area contributed by atoms with Gasteiger partial charge in [0.25, 0.3) is 0 Å². The Labute approximate surface area is 144 Å². The first-order valence-electron chi connectivity index (χ1n) is 8.17. The van der Waals surface area contributed by atoms with Crippen molar-refractivity contribution in [3.8, 4) is 0 Å². The van der Waals surface area contributed by atoms with Gasteiger partial charge in [0.05, 0.1) is 0 Å². The molecule has 0 saturated carbocycles. The highest BCUT2D eigenvalue weighted by Crippen LogP contribution is 2.39. The lowest BCUT2D eigenvalue weighted by Crippen LogP contribution is -2.44. The maximum Gasteiger partial charge on any atom is 0.461 e. The molecule has 0 aliphatic carbocycles. The van der Waals surface area contributed by atoms with Crippen LogP contribution in [0.25, 0.3) is 0 Å². The van der Waals surface area contributed by atoms with Gasteiger partial charge in [0.15, 0.2) is 0 Å². The largest absolute Gasteiger partial charge is 0.461 e. The Hall–Kier alpha value is -1.86. The molecule has 0 N–H and O–H groups in total. The van der Waals surface area contributed by atoms with Gasteiger partial charge in [-0.15, -0.1) is 0 Å². The molecule has 0 bridgehead atoms. The quantitative estimate of drug-likeness (QED) is 0.490. The highest BCUT2D eigenvalue weighted by Gasteiger charge is 2.63. The molecule has 0 saturated heterocycles. The number of hydrogen-bond acceptors (Lipinski definition) is 3. The summed E-state index contributed by atoms with van der Waals surface area (Å²) >= 11 is 0. The van der Waals surface area contributed by atoms with Gasteiger partial charge in [0.2, 0.25) is 5.78 Å². The van der Waals surface area contributed by atoms with E-state index >= 15 is 0 Å². The molecule has 0 aromatic heterocycles. The van der Waals surface area contributed by atoms with Crippen molar-refractivity contribution in [1.29, 1.82) is 0 Å². The molecule has 0 radical (unpaired) electrons. The van der Waals surface area contributed by atoms with Gasteiger partial charge >= 0.3 is 12.1 Å². The summed E-state index contributed by atoms with van der Waals surface area (Å²) in [5.41, 5.74) is 0.236. The summed E-state index contributed by atoms with van der Waals surface area (Å²) < 4.78 is 64.7. The van der Waals surface area contributed by atoms with E-state index in [0.29, 0.717) is 37.6 Å². The average molecular weight is 366 g/mol. The molecule has 0 unspecified atom stereocenters. The van der Waals surface area contributed by atoms with Gasteiger partial charge in [-0.2, -0.15) is 22.0 Å². The third kappa shape index (κ3) is 4.41. The van der Waals surface area contributed by atoms with Crippen LogP contribution in [-0.4, -0.2) is 44.1 Å². The predicted octanol–water partition coefficient (Wildman–Crippen LogP) is 4.76. The van der Waals surface area contributed by atoms with Crippen molar-refractivity contribution >= 4 is 17.2 Å². The number of ketones is 1. The van der Waals surface area contributed by atoms with Crippen molar-refractivity contribution in [2.45, 2.75) is 39.8 Å². The van der Waals surface area contributed by atoms with Crippen LogP contribution in [0.3, 0.4) is 0 Å². The van der Waals surface area contributed by atoms with Crippen LogP contribution in [0.2, 0.25) is 0 Å². The second kappa shape index (κ2) is 8.01. The first-order chi connectivity index (χ1) is 11.5. The zero-order valence-electron chi connectivity index (χ0n) is 14.8. The van der Waals surface area contributed by atoms with Crippen LogP contribution in [0.15, 0.2) is 18.2 Å². The summed E-state index contributed by atoms with van der Waals surface area (Å²) in [5.74, 6) is -7.66. The van der Waals surface area contributed by atoms with Crippen molar-refractivity contribution in [3.63, 3.8) is 0 Å². The lowest BCUT2D eigenvalue weighted by atomic mass is 10.0. The highest BCUT2D eigenvalue weighted by atomic mass is 19.4. The van der Waals surface area contributed by atoms with Crippen LogP contribution in [-0.2, 0) is 0 Å². The Bertz CT molecular complexity index is 563. The molecule has 25 heavy (non-hydrogen) atoms. The summed E-state index contributed by atoms with van der Waals surface area (Å²) in [6.45, 7) is 9.45. The Morgan fingerprint density at radius 1 is 0.800 bits per heavy atom. The lowest BCUT2D eigenvalue weighted by Gasteiger charge is -2.27. The summed E-state index contributed by atoms with van der Waals surface area (Å²) in [6.07, 6.45) is -5.93. The maximum atomic E-state index is 13.5. The van der Waals surface area contributed by atoms with Crippen molar-refractivity contribution in [1.82, 2.24) is 0 Å². The highest BCUT2D eigenvalue weighted by molar-refractivity contribution is 6.03. The normalized spacial score (nSPS) is 12.2. The molecular formula is C17H23F5N2O. The predicted molar refractivity (Wildman–Crippen MR) is 88.9 cm³/mol. The van der Waals surface area contributed by atoms with E-state index in [2.05, 4.69) is 0 Å². The Morgan fingerprint density at radius 3 is 1.44 bits per heavy atom. The van der Waals surface area contributed by atoms with Crippen LogP contribution >= 0.6 is 0 Å². The fraction of sp³-hybridized carbons (Fsp3) is 0.588. The third-order valence-electron chi connectivity index (χ3n) is 4.06. The number of alkyl halides is 5. The monoisotopic (exact) mass is 366 g/mol. The summed E-state index contributed by atoms with van der Waals surface area (Å²) in [5, 5.41) is 0. The summed E-state index contributed by atoms with van der Waals surface area (Å²) in [6, 6.07) is 3.90. The maximum absolute atomic E-state index is 13.5. The van der Waals surface area contributed by atoms with Gasteiger partial charge in [-0.25, -0.2) is 0 Å². The molecule has 0 aliphatic rings. The van der Waals surface area contributed by atoms with Crippen molar-refractivity contribution in [2.75, 3.05) is 36.0 Å². The van der Waals surface area contributed by atoms with Crippen LogP contribution in [0.1, 0.15) is 38.1 Å². The third-order valence-corrected chi connectivity index (χ3v) is 4.06. The number of Topliss-reactive ketones (excluding diaryl/α,β-unsaturated/α-hetero) is 1. The molecule has 0 fully saturated rings. The molecule has 1 rings (SSSR count). The average Bonchev–Trinajstić information content (AvgIpc) is 2.55. The van der Waals surface area contributed by atoms with Gasteiger partial charge < -0.3 is 9.80 Å². The van der Waals surface area contributed by atoms with E-state index in [1.807, 2.05) is 27.7 Å². The molecule has 0 atom stereocenters. The molecule has 0 spiro atoms. The van der Waals surface area contributed by atoms with Gasteiger partial charge in [-0.05, 0) is 45.9 Å². The van der Waals surface area contributed by atoms with Gasteiger partial charge in [0, 0.05) is 43.1 Å². The minimum Gasteiger partial charge on any atom is -0.372 e. The smallest absolute Gasteiger partial charge is 0.372 e. The Kier molecular flexibility index (Phi) is 6.79. The Balaban J connectivity index is 3.51. The van der Waals surface area contributed by atoms with Crippen LogP contribution in [0, 0.1) is 0 Å². The first-order valence-corrected chi connectivity index (χ1v) is 8.17. The molecular weight excluding hydrogens is 343 g/mol. The number of rotatable bonds is 8. The second-order valence-corrected chi connectivity index (χ2v) is 5.48. The first kappa shape index (κ1) is 21.2. The number of nitrogens with zero attached hydrogens (tertiary/aromatic N) is 2. The van der Waals surface area contributed by atoms with Gasteiger partial charge in [0.1, 0.15) is 0 Å². The van der Waals surface area contributed by atoms with E-state index < -0.39 is 23.4 Å². The van der Waals surface area contributed by atoms with Crippen molar-refractivity contribution in [3.05, 3.63) is 23.8 Å². The number of carbonyl (C=O) groups excluding carboxylic acids is 1. The summed E-state index contributed by atoms with van der Waals surface area (Å²) in [7, 11) is 0. The van der Waals surface area contributed by atoms with E-state index in [4.69, 9.17) is 0 Å². The van der Waals surface area contributed by atoms with Gasteiger partial charge in [-0.1, -0.05) is 0 Å². The number of anilines is 2. The fourth-order valence-corrected chi connectivity index (χ4v) is 2.58. The van der Waals surface area contributed by atoms with Crippen LogP contribution in [0.4, 0.5) is 33.3 Å². The molecule has 1 aromatic carbocycles. The standard InChI is InChI=1S/C17H23F5N2O/c1-5-23(6-2)13-9-12(10-14(11-13)24(7-3)8-4)15(25)16(18,19)17(20,21)22/h9-11H,5-8H2,1-4H3. The van der Waals surface area contributed by atoms with E-state index in [0.717, 1.165) is 12.1 Å². The van der Waals surface area contributed by atoms with Crippen molar-refractivity contribution in [2.24, 2.45) is 0 Å². The van der Waals surface area contributed by atoms with E-state index in [1.165, 1.54) is 0 Å². The van der Waals surface area contributed by atoms with Crippen LogP contribution < -0.4 is 9.80 Å². The van der Waals surface area contributed by atoms with E-state index in [1.54, 1.807) is 15.9 Å².